The molecule has 1 heterocycles. The van der Waals surface area contributed by atoms with Gasteiger partial charge in [0.25, 0.3) is 0 Å². The first-order valence-electron chi connectivity index (χ1n) is 9.61. The molecule has 0 saturated carbocycles. The van der Waals surface area contributed by atoms with Gasteiger partial charge in [-0.3, -0.25) is 0 Å². The molecule has 1 aliphatic rings. The van der Waals surface area contributed by atoms with Crippen LogP contribution in [0.4, 0.5) is 0 Å². The molecule has 3 aromatic rings. The van der Waals surface area contributed by atoms with Gasteiger partial charge in [-0.2, -0.15) is 0 Å². The van der Waals surface area contributed by atoms with Gasteiger partial charge in [0.1, 0.15) is 0 Å². The summed E-state index contributed by atoms with van der Waals surface area (Å²) in [6.45, 7) is 0. The molecule has 0 spiro atoms. The zero-order valence-corrected chi connectivity index (χ0v) is 17.4. The summed E-state index contributed by atoms with van der Waals surface area (Å²) in [5.74, 6) is 1.01. The van der Waals surface area contributed by atoms with Gasteiger partial charge in [0, 0.05) is 5.56 Å². The first-order chi connectivity index (χ1) is 15.1. The van der Waals surface area contributed by atoms with Crippen LogP contribution in [0.3, 0.4) is 0 Å². The minimum atomic E-state index is -0.518. The van der Waals surface area contributed by atoms with Crippen molar-refractivity contribution < 1.29 is 23.7 Å². The van der Waals surface area contributed by atoms with Crippen LogP contribution in [-0.4, -0.2) is 33.2 Å². The van der Waals surface area contributed by atoms with Gasteiger partial charge in [-0.1, -0.05) is 54.6 Å². The van der Waals surface area contributed by atoms with E-state index < -0.39 is 5.97 Å². The molecular weight excluding hydrogens is 394 g/mol. The first kappa shape index (κ1) is 20.2. The molecule has 3 aromatic carbocycles. The van der Waals surface area contributed by atoms with Gasteiger partial charge in [0.05, 0.1) is 21.3 Å². The number of nitrogens with zero attached hydrogens (tertiary/aromatic N) is 1. The fourth-order valence-electron chi connectivity index (χ4n) is 3.30. The van der Waals surface area contributed by atoms with E-state index in [4.69, 9.17) is 18.9 Å². The molecule has 0 radical (unpaired) electrons. The van der Waals surface area contributed by atoms with Crippen molar-refractivity contribution >= 4 is 17.9 Å². The average molecular weight is 415 g/mol. The normalized spacial score (nSPS) is 14.2. The number of ether oxygens (including phenoxy) is 4. The van der Waals surface area contributed by atoms with Gasteiger partial charge in [0.2, 0.25) is 11.6 Å². The van der Waals surface area contributed by atoms with Crippen LogP contribution in [0.5, 0.6) is 17.2 Å². The van der Waals surface area contributed by atoms with Gasteiger partial charge in [-0.05, 0) is 34.9 Å². The van der Waals surface area contributed by atoms with Crippen LogP contribution in [0.15, 0.2) is 77.4 Å². The number of rotatable bonds is 6. The fourth-order valence-corrected chi connectivity index (χ4v) is 3.30. The number of hydrogen-bond donors (Lipinski definition) is 0. The van der Waals surface area contributed by atoms with E-state index in [0.717, 1.165) is 16.7 Å². The lowest BCUT2D eigenvalue weighted by molar-refractivity contribution is -0.129. The molecule has 0 atom stereocenters. The Labute approximate surface area is 180 Å². The lowest BCUT2D eigenvalue weighted by atomic mass is 10.0. The van der Waals surface area contributed by atoms with Gasteiger partial charge < -0.3 is 18.9 Å². The molecule has 0 N–H and O–H groups in total. The quantitative estimate of drug-likeness (QED) is 0.430. The van der Waals surface area contributed by atoms with Crippen LogP contribution >= 0.6 is 0 Å². The molecule has 6 nitrogen and oxygen atoms in total. The van der Waals surface area contributed by atoms with Crippen molar-refractivity contribution in [3.8, 4) is 28.4 Å². The number of aliphatic imine (C=N–C) groups is 1. The number of cyclic esters (lactones) is 1. The Morgan fingerprint density at radius 2 is 1.39 bits per heavy atom. The summed E-state index contributed by atoms with van der Waals surface area (Å²) in [6, 6.07) is 21.3. The lowest BCUT2D eigenvalue weighted by Gasteiger charge is -2.13. The highest BCUT2D eigenvalue weighted by molar-refractivity contribution is 6.13. The van der Waals surface area contributed by atoms with Crippen molar-refractivity contribution in [2.24, 2.45) is 4.99 Å². The standard InChI is InChI=1S/C25H21NO5/c1-28-21-14-19(15-22(29-2)23(21)30-3)24-26-20(25(27)31-24)13-16-9-11-18(12-10-16)17-7-5-4-6-8-17/h4-15H,1-3H3/b20-13-. The highest BCUT2D eigenvalue weighted by atomic mass is 16.6. The van der Waals surface area contributed by atoms with E-state index in [1.54, 1.807) is 18.2 Å². The van der Waals surface area contributed by atoms with Crippen molar-refractivity contribution in [1.82, 2.24) is 0 Å². The second-order valence-corrected chi connectivity index (χ2v) is 6.74. The average Bonchev–Trinajstić information content (AvgIpc) is 3.19. The van der Waals surface area contributed by atoms with Gasteiger partial charge in [0.15, 0.2) is 17.2 Å². The molecule has 0 aliphatic carbocycles. The third-order valence-corrected chi connectivity index (χ3v) is 4.85. The number of hydrogen-bond acceptors (Lipinski definition) is 6. The molecule has 0 unspecified atom stereocenters. The van der Waals surface area contributed by atoms with Gasteiger partial charge in [-0.15, -0.1) is 0 Å². The summed E-state index contributed by atoms with van der Waals surface area (Å²) >= 11 is 0. The Balaban J connectivity index is 1.64. The number of carbonyl (C=O) groups is 1. The van der Waals surface area contributed by atoms with Gasteiger partial charge in [-0.25, -0.2) is 9.79 Å². The molecule has 156 valence electrons. The molecule has 0 fully saturated rings. The summed E-state index contributed by atoms with van der Waals surface area (Å²) in [7, 11) is 4.57. The van der Waals surface area contributed by atoms with Crippen molar-refractivity contribution in [2.45, 2.75) is 0 Å². The second-order valence-electron chi connectivity index (χ2n) is 6.74. The number of methoxy groups -OCH3 is 3. The van der Waals surface area contributed by atoms with Crippen molar-refractivity contribution in [1.29, 1.82) is 0 Å². The Kier molecular flexibility index (Phi) is 5.71. The predicted molar refractivity (Wildman–Crippen MR) is 119 cm³/mol. The second kappa shape index (κ2) is 8.75. The van der Waals surface area contributed by atoms with Crippen molar-refractivity contribution in [3.05, 3.63) is 83.6 Å². The minimum Gasteiger partial charge on any atom is -0.493 e. The molecule has 0 amide bonds. The fraction of sp³-hybridized carbons (Fsp3) is 0.120. The van der Waals surface area contributed by atoms with Crippen LogP contribution in [0.2, 0.25) is 0 Å². The Hall–Kier alpha value is -4.06. The van der Waals surface area contributed by atoms with Crippen LogP contribution in [0.25, 0.3) is 17.2 Å². The molecular formula is C25H21NO5. The van der Waals surface area contributed by atoms with E-state index >= 15 is 0 Å². The summed E-state index contributed by atoms with van der Waals surface area (Å²) in [5, 5.41) is 0. The topological polar surface area (TPSA) is 66.4 Å². The molecule has 0 saturated heterocycles. The van der Waals surface area contributed by atoms with E-state index in [-0.39, 0.29) is 11.6 Å². The van der Waals surface area contributed by atoms with Crippen molar-refractivity contribution in [3.63, 3.8) is 0 Å². The van der Waals surface area contributed by atoms with E-state index in [0.29, 0.717) is 22.8 Å². The number of benzene rings is 3. The minimum absolute atomic E-state index is 0.177. The largest absolute Gasteiger partial charge is 0.493 e. The van der Waals surface area contributed by atoms with Gasteiger partial charge >= 0.3 is 5.97 Å². The highest BCUT2D eigenvalue weighted by Crippen LogP contribution is 2.39. The van der Waals surface area contributed by atoms with Crippen LogP contribution in [-0.2, 0) is 9.53 Å². The smallest absolute Gasteiger partial charge is 0.363 e. The monoisotopic (exact) mass is 415 g/mol. The molecule has 31 heavy (non-hydrogen) atoms. The van der Waals surface area contributed by atoms with E-state index in [1.165, 1.54) is 21.3 Å². The van der Waals surface area contributed by atoms with Crippen molar-refractivity contribution in [2.75, 3.05) is 21.3 Å². The summed E-state index contributed by atoms with van der Waals surface area (Å²) in [5.41, 5.74) is 3.84. The highest BCUT2D eigenvalue weighted by Gasteiger charge is 2.26. The first-order valence-corrected chi connectivity index (χ1v) is 9.61. The van der Waals surface area contributed by atoms with Crippen LogP contribution in [0.1, 0.15) is 11.1 Å². The van der Waals surface area contributed by atoms with Crippen LogP contribution in [0, 0.1) is 0 Å². The number of carbonyl (C=O) groups excluding carboxylic acids is 1. The maximum Gasteiger partial charge on any atom is 0.363 e. The zero-order valence-electron chi connectivity index (χ0n) is 17.4. The predicted octanol–water partition coefficient (Wildman–Crippen LogP) is 4.72. The molecule has 0 bridgehead atoms. The molecule has 4 rings (SSSR count). The number of esters is 1. The third-order valence-electron chi connectivity index (χ3n) is 4.85. The van der Waals surface area contributed by atoms with Crippen LogP contribution < -0.4 is 14.2 Å². The van der Waals surface area contributed by atoms with E-state index in [1.807, 2.05) is 42.5 Å². The zero-order chi connectivity index (χ0) is 21.8. The SMILES string of the molecule is COc1cc(C2=N/C(=C\c3ccc(-c4ccccc4)cc3)C(=O)O2)cc(OC)c1OC. The van der Waals surface area contributed by atoms with E-state index in [9.17, 15) is 4.79 Å². The Morgan fingerprint density at radius 3 is 1.97 bits per heavy atom. The summed E-state index contributed by atoms with van der Waals surface area (Å²) in [6.07, 6.45) is 1.70. The summed E-state index contributed by atoms with van der Waals surface area (Å²) in [4.78, 5) is 16.8. The Morgan fingerprint density at radius 1 is 0.774 bits per heavy atom. The molecule has 1 aliphatic heterocycles. The lowest BCUT2D eigenvalue weighted by Crippen LogP contribution is -2.06. The Bertz CT molecular complexity index is 1140. The summed E-state index contributed by atoms with van der Waals surface area (Å²) < 4.78 is 21.4. The molecule has 0 aromatic heterocycles. The molecule has 6 heteroatoms. The van der Waals surface area contributed by atoms with E-state index in [2.05, 4.69) is 17.1 Å². The maximum absolute atomic E-state index is 12.4. The third kappa shape index (κ3) is 4.14. The maximum atomic E-state index is 12.4.